The number of ether oxygens (including phenoxy) is 2. The molecular weight excluding hydrogens is 352 g/mol. The Kier molecular flexibility index (Phi) is 5.20. The Morgan fingerprint density at radius 1 is 1.48 bits per heavy atom. The van der Waals surface area contributed by atoms with Crippen LogP contribution in [-0.4, -0.2) is 56.3 Å². The van der Waals surface area contributed by atoms with E-state index in [-0.39, 0.29) is 22.9 Å². The van der Waals surface area contributed by atoms with Crippen LogP contribution in [0.25, 0.3) is 10.3 Å². The van der Waals surface area contributed by atoms with Crippen molar-refractivity contribution in [1.82, 2.24) is 14.5 Å². The molecule has 1 aliphatic rings. The number of nitrogens with two attached hydrogens (primary N) is 1. The molecule has 0 amide bonds. The van der Waals surface area contributed by atoms with Gasteiger partial charge in [-0.15, -0.1) is 0 Å². The number of nitrogens with one attached hydrogen (secondary N) is 1. The molecule has 1 saturated heterocycles. The maximum Gasteiger partial charge on any atom is 0.311 e. The first kappa shape index (κ1) is 18.0. The summed E-state index contributed by atoms with van der Waals surface area (Å²) in [5.41, 5.74) is 5.05. The summed E-state index contributed by atoms with van der Waals surface area (Å²) in [6.07, 6.45) is -2.20. The quantitative estimate of drug-likeness (QED) is 0.479. The minimum absolute atomic E-state index is 0.0335. The normalized spacial score (nSPS) is 26.5. The highest BCUT2D eigenvalue weighted by molar-refractivity contribution is 7.16. The molecular formula is C14H20N4O6S. The van der Waals surface area contributed by atoms with Crippen LogP contribution in [0.5, 0.6) is 0 Å². The molecule has 2 aromatic rings. The summed E-state index contributed by atoms with van der Waals surface area (Å²) in [6.45, 7) is 2.02. The summed E-state index contributed by atoms with van der Waals surface area (Å²) in [5.74, 6) is -0.147. The van der Waals surface area contributed by atoms with Gasteiger partial charge in [-0.2, -0.15) is 4.98 Å². The maximum atomic E-state index is 12.4. The first-order valence-electron chi connectivity index (χ1n) is 7.94. The number of aliphatic hydroxyl groups excluding tert-OH is 2. The van der Waals surface area contributed by atoms with Gasteiger partial charge in [-0.05, 0) is 6.42 Å². The number of H-pyrrole nitrogens is 1. The highest BCUT2D eigenvalue weighted by Gasteiger charge is 2.46. The molecule has 0 aromatic carbocycles. The molecule has 1 fully saturated rings. The summed E-state index contributed by atoms with van der Waals surface area (Å²) in [5, 5.41) is 20.1. The van der Waals surface area contributed by atoms with Gasteiger partial charge in [-0.1, -0.05) is 24.7 Å². The summed E-state index contributed by atoms with van der Waals surface area (Å²) >= 11 is 0.686. The van der Waals surface area contributed by atoms with Crippen LogP contribution in [0.1, 0.15) is 26.0 Å². The average molecular weight is 372 g/mol. The first-order valence-corrected chi connectivity index (χ1v) is 8.76. The van der Waals surface area contributed by atoms with E-state index in [1.54, 1.807) is 0 Å². The number of nitrogen functional groups attached to an aromatic ring is 1. The largest absolute Gasteiger partial charge is 0.394 e. The smallest absolute Gasteiger partial charge is 0.311 e. The summed E-state index contributed by atoms with van der Waals surface area (Å²) < 4.78 is 12.4. The van der Waals surface area contributed by atoms with E-state index in [2.05, 4.69) is 9.97 Å². The second kappa shape index (κ2) is 7.22. The first-order chi connectivity index (χ1) is 12.0. The lowest BCUT2D eigenvalue weighted by molar-refractivity contribution is -0.0611. The third-order valence-electron chi connectivity index (χ3n) is 4.04. The van der Waals surface area contributed by atoms with Crippen molar-refractivity contribution in [3.63, 3.8) is 0 Å². The molecule has 11 heteroatoms. The fourth-order valence-electron chi connectivity index (χ4n) is 2.82. The number of fused-ring (bicyclic) bond motifs is 1. The minimum atomic E-state index is -1.20. The van der Waals surface area contributed by atoms with Crippen LogP contribution in [0.3, 0.4) is 0 Å². The molecule has 3 heterocycles. The Morgan fingerprint density at radius 2 is 2.24 bits per heavy atom. The van der Waals surface area contributed by atoms with Crippen LogP contribution in [-0.2, 0) is 9.47 Å². The fourth-order valence-corrected chi connectivity index (χ4v) is 3.66. The van der Waals surface area contributed by atoms with E-state index < -0.39 is 35.0 Å². The second-order valence-electron chi connectivity index (χ2n) is 5.77. The van der Waals surface area contributed by atoms with Crippen LogP contribution < -0.4 is 16.2 Å². The molecule has 0 aliphatic carbocycles. The van der Waals surface area contributed by atoms with Crippen molar-refractivity contribution in [3.05, 3.63) is 20.0 Å². The van der Waals surface area contributed by atoms with Crippen molar-refractivity contribution in [2.45, 2.75) is 44.3 Å². The molecule has 0 radical (unpaired) electrons. The number of aliphatic hydroxyl groups is 2. The number of aromatic nitrogens is 3. The lowest BCUT2D eigenvalue weighted by atomic mass is 10.1. The van der Waals surface area contributed by atoms with Crippen LogP contribution >= 0.6 is 11.3 Å². The van der Waals surface area contributed by atoms with Gasteiger partial charge in [-0.3, -0.25) is 19.1 Å². The summed E-state index contributed by atoms with van der Waals surface area (Å²) in [7, 11) is 0. The number of unbranched alkanes of at least 4 members (excludes halogenated alkanes) is 1. The van der Waals surface area contributed by atoms with Crippen LogP contribution in [0.4, 0.5) is 5.95 Å². The van der Waals surface area contributed by atoms with E-state index in [1.807, 2.05) is 6.92 Å². The molecule has 4 atom stereocenters. The molecule has 0 unspecified atom stereocenters. The number of aromatic amines is 1. The van der Waals surface area contributed by atoms with Gasteiger partial charge in [0.15, 0.2) is 11.9 Å². The zero-order valence-corrected chi connectivity index (χ0v) is 14.4. The lowest BCUT2D eigenvalue weighted by Crippen LogP contribution is -2.37. The standard InChI is InChI=1S/C14H20N4O6S/c1-2-3-4-23-8-6(5-19)24-12(7(8)20)18-10-9(25-14(18)22)11(21)17-13(15)16-10/h6-8,12,19-20H,2-5H2,1H3,(H3,15,16,17,21)/t6-,7-,8+,12-/m1/s1. The predicted molar refractivity (Wildman–Crippen MR) is 90.6 cm³/mol. The van der Waals surface area contributed by atoms with E-state index in [1.165, 1.54) is 0 Å². The van der Waals surface area contributed by atoms with Gasteiger partial charge in [0.2, 0.25) is 5.95 Å². The van der Waals surface area contributed by atoms with Crippen molar-refractivity contribution in [2.24, 2.45) is 0 Å². The average Bonchev–Trinajstić information content (AvgIpc) is 3.05. The van der Waals surface area contributed by atoms with Crippen molar-refractivity contribution in [1.29, 1.82) is 0 Å². The van der Waals surface area contributed by atoms with Gasteiger partial charge in [0.1, 0.15) is 23.0 Å². The Balaban J connectivity index is 1.99. The highest BCUT2D eigenvalue weighted by atomic mass is 32.1. The molecule has 10 nitrogen and oxygen atoms in total. The molecule has 25 heavy (non-hydrogen) atoms. The van der Waals surface area contributed by atoms with Gasteiger partial charge in [0.25, 0.3) is 5.56 Å². The molecule has 2 aromatic heterocycles. The van der Waals surface area contributed by atoms with Gasteiger partial charge in [0.05, 0.1) is 6.61 Å². The number of rotatable bonds is 6. The lowest BCUT2D eigenvalue weighted by Gasteiger charge is -2.19. The Labute approximate surface area is 145 Å². The van der Waals surface area contributed by atoms with Crippen molar-refractivity contribution in [3.8, 4) is 0 Å². The van der Waals surface area contributed by atoms with E-state index in [0.29, 0.717) is 17.9 Å². The number of hydrogen-bond acceptors (Lipinski definition) is 9. The SMILES string of the molecule is CCCCO[C@@H]1[C@@H](O)[C@H](n2c(=O)sc3c(=O)[nH]c(N)nc32)O[C@@H]1CO. The molecule has 3 rings (SSSR count). The van der Waals surface area contributed by atoms with Crippen LogP contribution in [0.15, 0.2) is 9.59 Å². The number of nitrogens with zero attached hydrogens (tertiary/aromatic N) is 2. The third kappa shape index (κ3) is 3.20. The van der Waals surface area contributed by atoms with Gasteiger partial charge in [0, 0.05) is 6.61 Å². The van der Waals surface area contributed by atoms with E-state index >= 15 is 0 Å². The Hall–Kier alpha value is -1.79. The monoisotopic (exact) mass is 372 g/mol. The van der Waals surface area contributed by atoms with E-state index in [0.717, 1.165) is 17.4 Å². The number of thiazole rings is 1. The topological polar surface area (TPSA) is 153 Å². The van der Waals surface area contributed by atoms with Crippen molar-refractivity contribution >= 4 is 27.6 Å². The summed E-state index contributed by atoms with van der Waals surface area (Å²) in [6, 6.07) is 0. The maximum absolute atomic E-state index is 12.4. The summed E-state index contributed by atoms with van der Waals surface area (Å²) in [4.78, 5) is 30.1. The molecule has 0 saturated carbocycles. The van der Waals surface area contributed by atoms with Gasteiger partial charge in [-0.25, -0.2) is 0 Å². The molecule has 1 aliphatic heterocycles. The molecule has 0 spiro atoms. The van der Waals surface area contributed by atoms with Crippen molar-refractivity contribution in [2.75, 3.05) is 18.9 Å². The van der Waals surface area contributed by atoms with Gasteiger partial charge >= 0.3 is 4.87 Å². The third-order valence-corrected chi connectivity index (χ3v) is 4.99. The van der Waals surface area contributed by atoms with Crippen LogP contribution in [0, 0.1) is 0 Å². The van der Waals surface area contributed by atoms with Crippen LogP contribution in [0.2, 0.25) is 0 Å². The van der Waals surface area contributed by atoms with E-state index in [4.69, 9.17) is 15.2 Å². The van der Waals surface area contributed by atoms with Gasteiger partial charge < -0.3 is 25.4 Å². The zero-order valence-electron chi connectivity index (χ0n) is 13.5. The second-order valence-corrected chi connectivity index (χ2v) is 6.73. The zero-order chi connectivity index (χ0) is 18.1. The Morgan fingerprint density at radius 3 is 2.92 bits per heavy atom. The molecule has 0 bridgehead atoms. The number of anilines is 1. The van der Waals surface area contributed by atoms with Crippen molar-refractivity contribution < 1.29 is 19.7 Å². The minimum Gasteiger partial charge on any atom is -0.394 e. The molecule has 5 N–H and O–H groups in total. The highest BCUT2D eigenvalue weighted by Crippen LogP contribution is 2.32. The number of hydrogen-bond donors (Lipinski definition) is 4. The Bertz CT molecular complexity index is 861. The van der Waals surface area contributed by atoms with E-state index in [9.17, 15) is 19.8 Å². The fraction of sp³-hybridized carbons (Fsp3) is 0.643. The predicted octanol–water partition coefficient (Wildman–Crippen LogP) is -0.836. The molecule has 138 valence electrons.